The first-order valence-corrected chi connectivity index (χ1v) is 4.97. The highest BCUT2D eigenvalue weighted by Crippen LogP contribution is 2.17. The highest BCUT2D eigenvalue weighted by atomic mass is 15.1. The summed E-state index contributed by atoms with van der Waals surface area (Å²) >= 11 is 0. The Morgan fingerprint density at radius 1 is 1.42 bits per heavy atom. The molecule has 12 heavy (non-hydrogen) atoms. The van der Waals surface area contributed by atoms with E-state index in [1.165, 1.54) is 25.9 Å². The predicted octanol–water partition coefficient (Wildman–Crippen LogP) is 2.13. The topological polar surface area (TPSA) is 3.24 Å². The summed E-state index contributed by atoms with van der Waals surface area (Å²) in [6.45, 7) is 4.64. The van der Waals surface area contributed by atoms with E-state index in [1.54, 1.807) is 0 Å². The van der Waals surface area contributed by atoms with Gasteiger partial charge in [0.25, 0.3) is 0 Å². The van der Waals surface area contributed by atoms with Crippen LogP contribution in [0.3, 0.4) is 0 Å². The SMILES string of the molecule is CCC#CCC1CCCN(C)C1. The quantitative estimate of drug-likeness (QED) is 0.538. The van der Waals surface area contributed by atoms with E-state index in [0.717, 1.165) is 18.8 Å². The molecule has 1 nitrogen and oxygen atoms in total. The first-order chi connectivity index (χ1) is 5.83. The summed E-state index contributed by atoms with van der Waals surface area (Å²) in [4.78, 5) is 2.42. The highest BCUT2D eigenvalue weighted by molar-refractivity contribution is 4.99. The van der Waals surface area contributed by atoms with Crippen molar-refractivity contribution in [3.63, 3.8) is 0 Å². The van der Waals surface area contributed by atoms with Gasteiger partial charge in [0.15, 0.2) is 0 Å². The van der Waals surface area contributed by atoms with Gasteiger partial charge in [-0.1, -0.05) is 6.92 Å². The summed E-state index contributed by atoms with van der Waals surface area (Å²) in [6, 6.07) is 0. The third-order valence-corrected chi connectivity index (χ3v) is 2.41. The van der Waals surface area contributed by atoms with E-state index in [1.807, 2.05) is 0 Å². The van der Waals surface area contributed by atoms with Crippen LogP contribution >= 0.6 is 0 Å². The Balaban J connectivity index is 2.22. The van der Waals surface area contributed by atoms with Gasteiger partial charge in [-0.05, 0) is 32.4 Å². The third-order valence-electron chi connectivity index (χ3n) is 2.41. The van der Waals surface area contributed by atoms with Crippen molar-refractivity contribution in [3.8, 4) is 11.8 Å². The summed E-state index contributed by atoms with van der Waals surface area (Å²) in [5.41, 5.74) is 0. The van der Waals surface area contributed by atoms with E-state index in [0.29, 0.717) is 0 Å². The lowest BCUT2D eigenvalue weighted by molar-refractivity contribution is 0.213. The molecule has 1 rings (SSSR count). The second kappa shape index (κ2) is 5.22. The van der Waals surface area contributed by atoms with Crippen LogP contribution < -0.4 is 0 Å². The molecule has 1 aliphatic heterocycles. The van der Waals surface area contributed by atoms with Gasteiger partial charge < -0.3 is 4.90 Å². The second-order valence-corrected chi connectivity index (χ2v) is 3.68. The molecule has 68 valence electrons. The summed E-state index contributed by atoms with van der Waals surface area (Å²) < 4.78 is 0. The first-order valence-electron chi connectivity index (χ1n) is 4.97. The van der Waals surface area contributed by atoms with Gasteiger partial charge in [-0.2, -0.15) is 0 Å². The van der Waals surface area contributed by atoms with Crippen LogP contribution in [0.15, 0.2) is 0 Å². The zero-order chi connectivity index (χ0) is 8.81. The number of likely N-dealkylation sites (tertiary alicyclic amines) is 1. The Morgan fingerprint density at radius 2 is 2.25 bits per heavy atom. The Hall–Kier alpha value is -0.480. The fourth-order valence-electron chi connectivity index (χ4n) is 1.78. The van der Waals surface area contributed by atoms with Gasteiger partial charge in [-0.15, -0.1) is 11.8 Å². The largest absolute Gasteiger partial charge is 0.306 e. The van der Waals surface area contributed by atoms with E-state index >= 15 is 0 Å². The van der Waals surface area contributed by atoms with Crippen molar-refractivity contribution in [3.05, 3.63) is 0 Å². The van der Waals surface area contributed by atoms with Gasteiger partial charge in [0.05, 0.1) is 0 Å². The van der Waals surface area contributed by atoms with Crippen molar-refractivity contribution in [1.82, 2.24) is 4.90 Å². The maximum Gasteiger partial charge on any atom is 0.0129 e. The van der Waals surface area contributed by atoms with Gasteiger partial charge >= 0.3 is 0 Å². The fourth-order valence-corrected chi connectivity index (χ4v) is 1.78. The van der Waals surface area contributed by atoms with Crippen molar-refractivity contribution in [1.29, 1.82) is 0 Å². The van der Waals surface area contributed by atoms with Gasteiger partial charge in [-0.3, -0.25) is 0 Å². The number of rotatable bonds is 1. The van der Waals surface area contributed by atoms with Crippen molar-refractivity contribution < 1.29 is 0 Å². The second-order valence-electron chi connectivity index (χ2n) is 3.68. The van der Waals surface area contributed by atoms with Crippen LogP contribution in [0.25, 0.3) is 0 Å². The van der Waals surface area contributed by atoms with Crippen LogP contribution in [0.2, 0.25) is 0 Å². The summed E-state index contributed by atoms with van der Waals surface area (Å²) in [5, 5.41) is 0. The van der Waals surface area contributed by atoms with Gasteiger partial charge in [-0.25, -0.2) is 0 Å². The van der Waals surface area contributed by atoms with Gasteiger partial charge in [0.1, 0.15) is 0 Å². The first kappa shape index (κ1) is 9.61. The standard InChI is InChI=1S/C11H19N/c1-3-4-5-7-11-8-6-9-12(2)10-11/h11H,3,6-10H2,1-2H3. The lowest BCUT2D eigenvalue weighted by Crippen LogP contribution is -2.31. The molecule has 0 radical (unpaired) electrons. The van der Waals surface area contributed by atoms with Crippen LogP contribution in [0.5, 0.6) is 0 Å². The molecule has 0 spiro atoms. The van der Waals surface area contributed by atoms with Gasteiger partial charge in [0, 0.05) is 19.4 Å². The average Bonchev–Trinajstić information content (AvgIpc) is 2.05. The number of nitrogens with zero attached hydrogens (tertiary/aromatic N) is 1. The van der Waals surface area contributed by atoms with E-state index < -0.39 is 0 Å². The normalized spacial score (nSPS) is 24.7. The molecule has 0 aromatic heterocycles. The minimum Gasteiger partial charge on any atom is -0.306 e. The molecule has 1 unspecified atom stereocenters. The predicted molar refractivity (Wildman–Crippen MR) is 52.9 cm³/mol. The average molecular weight is 165 g/mol. The van der Waals surface area contributed by atoms with E-state index in [9.17, 15) is 0 Å². The monoisotopic (exact) mass is 165 g/mol. The Morgan fingerprint density at radius 3 is 2.92 bits per heavy atom. The van der Waals surface area contributed by atoms with Gasteiger partial charge in [0.2, 0.25) is 0 Å². The van der Waals surface area contributed by atoms with E-state index in [4.69, 9.17) is 0 Å². The number of piperidine rings is 1. The van der Waals surface area contributed by atoms with E-state index in [-0.39, 0.29) is 0 Å². The summed E-state index contributed by atoms with van der Waals surface area (Å²) in [5.74, 6) is 7.23. The molecule has 0 N–H and O–H groups in total. The smallest absolute Gasteiger partial charge is 0.0129 e. The molecule has 1 fully saturated rings. The van der Waals surface area contributed by atoms with Crippen molar-refractivity contribution >= 4 is 0 Å². The zero-order valence-corrected chi connectivity index (χ0v) is 8.27. The lowest BCUT2D eigenvalue weighted by Gasteiger charge is -2.28. The van der Waals surface area contributed by atoms with Crippen LogP contribution in [0, 0.1) is 17.8 Å². The molecule has 0 aliphatic carbocycles. The minimum atomic E-state index is 0.836. The maximum atomic E-state index is 3.25. The zero-order valence-electron chi connectivity index (χ0n) is 8.27. The van der Waals surface area contributed by atoms with Crippen LogP contribution in [-0.4, -0.2) is 25.0 Å². The Kier molecular flexibility index (Phi) is 4.18. The Labute approximate surface area is 76.1 Å². The van der Waals surface area contributed by atoms with Crippen molar-refractivity contribution in [2.75, 3.05) is 20.1 Å². The van der Waals surface area contributed by atoms with Crippen molar-refractivity contribution in [2.24, 2.45) is 5.92 Å². The molecule has 1 aliphatic rings. The minimum absolute atomic E-state index is 0.836. The molecule has 1 heterocycles. The Bertz CT molecular complexity index is 175. The number of hydrogen-bond donors (Lipinski definition) is 0. The van der Waals surface area contributed by atoms with Crippen LogP contribution in [0.1, 0.15) is 32.6 Å². The highest BCUT2D eigenvalue weighted by Gasteiger charge is 2.15. The molecule has 0 aromatic rings. The summed E-state index contributed by atoms with van der Waals surface area (Å²) in [7, 11) is 2.21. The molecule has 0 aromatic carbocycles. The molecule has 1 atom stereocenters. The molecule has 0 bridgehead atoms. The summed E-state index contributed by atoms with van der Waals surface area (Å²) in [6.07, 6.45) is 4.85. The molecule has 1 heteroatoms. The molecule has 1 saturated heterocycles. The molecule has 0 saturated carbocycles. The lowest BCUT2D eigenvalue weighted by atomic mass is 9.95. The molecular weight excluding hydrogens is 146 g/mol. The fraction of sp³-hybridized carbons (Fsp3) is 0.818. The van der Waals surface area contributed by atoms with Crippen LogP contribution in [-0.2, 0) is 0 Å². The number of hydrogen-bond acceptors (Lipinski definition) is 1. The van der Waals surface area contributed by atoms with Crippen molar-refractivity contribution in [2.45, 2.75) is 32.6 Å². The van der Waals surface area contributed by atoms with E-state index in [2.05, 4.69) is 30.7 Å². The molecule has 0 amide bonds. The van der Waals surface area contributed by atoms with Crippen LogP contribution in [0.4, 0.5) is 0 Å². The third kappa shape index (κ3) is 3.28. The maximum absolute atomic E-state index is 3.25. The molecular formula is C11H19N.